The molecule has 162 valence electrons. The molecule has 0 heterocycles. The third kappa shape index (κ3) is 6.76. The molecule has 0 radical (unpaired) electrons. The van der Waals surface area contributed by atoms with Crippen molar-refractivity contribution in [2.75, 3.05) is 10.6 Å². The Hall–Kier alpha value is -3.51. The van der Waals surface area contributed by atoms with Gasteiger partial charge in [-0.2, -0.15) is 13.2 Å². The van der Waals surface area contributed by atoms with Gasteiger partial charge in [0.25, 0.3) is 0 Å². The van der Waals surface area contributed by atoms with E-state index >= 15 is 0 Å². The predicted octanol–water partition coefficient (Wildman–Crippen LogP) is 4.52. The molecule has 1 atom stereocenters. The number of benzene rings is 2. The van der Waals surface area contributed by atoms with Crippen LogP contribution in [0.4, 0.5) is 24.5 Å². The number of rotatable bonds is 5. The Bertz CT molecular complexity index is 1060. The summed E-state index contributed by atoms with van der Waals surface area (Å²) in [7, 11) is 0. The number of carbonyl (C=O) groups is 3. The number of amides is 2. The van der Waals surface area contributed by atoms with Crippen LogP contribution < -0.4 is 10.6 Å². The zero-order valence-corrected chi connectivity index (χ0v) is 16.8. The van der Waals surface area contributed by atoms with E-state index in [-0.39, 0.29) is 22.8 Å². The summed E-state index contributed by atoms with van der Waals surface area (Å²) in [5.74, 6) is 1.53. The summed E-state index contributed by atoms with van der Waals surface area (Å²) >= 11 is 5.80. The number of carbonyl (C=O) groups excluding carboxylic acids is 2. The van der Waals surface area contributed by atoms with Crippen LogP contribution in [0.3, 0.4) is 0 Å². The molecule has 0 saturated carbocycles. The summed E-state index contributed by atoms with van der Waals surface area (Å²) < 4.78 is 38.4. The second-order valence-electron chi connectivity index (χ2n) is 6.27. The van der Waals surface area contributed by atoms with Crippen molar-refractivity contribution in [2.24, 2.45) is 0 Å². The van der Waals surface area contributed by atoms with Gasteiger partial charge in [-0.05, 0) is 42.8 Å². The Balaban J connectivity index is 2.09. The number of aliphatic carboxylic acids is 1. The van der Waals surface area contributed by atoms with Gasteiger partial charge in [0.15, 0.2) is 0 Å². The van der Waals surface area contributed by atoms with Crippen LogP contribution in [0.25, 0.3) is 0 Å². The summed E-state index contributed by atoms with van der Waals surface area (Å²) in [4.78, 5) is 35.1. The number of alkyl halides is 3. The van der Waals surface area contributed by atoms with E-state index in [1.54, 1.807) is 19.1 Å². The van der Waals surface area contributed by atoms with Gasteiger partial charge in [0.2, 0.25) is 0 Å². The van der Waals surface area contributed by atoms with E-state index in [0.717, 1.165) is 12.1 Å². The van der Waals surface area contributed by atoms with Gasteiger partial charge in [0.1, 0.15) is 0 Å². The van der Waals surface area contributed by atoms with Crippen LogP contribution >= 0.6 is 11.6 Å². The fourth-order valence-electron chi connectivity index (χ4n) is 2.56. The summed E-state index contributed by atoms with van der Waals surface area (Å²) in [6, 6.07) is 8.33. The van der Waals surface area contributed by atoms with Gasteiger partial charge in [0.05, 0.1) is 28.6 Å². The number of anilines is 2. The second kappa shape index (κ2) is 10.00. The summed E-state index contributed by atoms with van der Waals surface area (Å²) in [5, 5.41) is 13.1. The molecule has 2 amide bonds. The molecule has 1 unspecified atom stereocenters. The first kappa shape index (κ1) is 23.8. The maximum Gasteiger partial charge on any atom is 0.416 e. The quantitative estimate of drug-likeness (QED) is 0.459. The highest BCUT2D eigenvalue weighted by Gasteiger charge is 2.31. The molecule has 0 saturated heterocycles. The Kier molecular flexibility index (Phi) is 7.67. The van der Waals surface area contributed by atoms with E-state index in [4.69, 9.17) is 16.7 Å². The largest absolute Gasteiger partial charge is 0.481 e. The van der Waals surface area contributed by atoms with E-state index in [0.29, 0.717) is 11.6 Å². The van der Waals surface area contributed by atoms with Crippen LogP contribution in [0.1, 0.15) is 30.4 Å². The Morgan fingerprint density at radius 3 is 2.23 bits per heavy atom. The maximum absolute atomic E-state index is 12.8. The zero-order chi connectivity index (χ0) is 23.2. The van der Waals surface area contributed by atoms with E-state index in [2.05, 4.69) is 17.2 Å². The van der Waals surface area contributed by atoms with Crippen LogP contribution in [-0.2, 0) is 20.6 Å². The van der Waals surface area contributed by atoms with Gasteiger partial charge in [-0.1, -0.05) is 29.7 Å². The molecule has 0 aliphatic carbocycles. The molecule has 2 rings (SSSR count). The van der Waals surface area contributed by atoms with Crippen molar-refractivity contribution in [2.45, 2.75) is 25.4 Å². The highest BCUT2D eigenvalue weighted by molar-refractivity contribution is 6.44. The van der Waals surface area contributed by atoms with Crippen molar-refractivity contribution in [3.8, 4) is 11.8 Å². The Morgan fingerprint density at radius 1 is 1.06 bits per heavy atom. The van der Waals surface area contributed by atoms with Crippen LogP contribution in [0.15, 0.2) is 42.5 Å². The minimum atomic E-state index is -4.64. The Labute approximate surface area is 180 Å². The van der Waals surface area contributed by atoms with Crippen molar-refractivity contribution < 1.29 is 32.7 Å². The molecule has 0 aliphatic rings. The third-order valence-corrected chi connectivity index (χ3v) is 4.35. The van der Waals surface area contributed by atoms with Crippen LogP contribution in [0.5, 0.6) is 0 Å². The van der Waals surface area contributed by atoms with Crippen molar-refractivity contribution in [3.63, 3.8) is 0 Å². The average molecular weight is 453 g/mol. The number of hydrogen-bond donors (Lipinski definition) is 3. The number of halogens is 4. The lowest BCUT2D eigenvalue weighted by Gasteiger charge is -2.12. The Morgan fingerprint density at radius 2 is 1.68 bits per heavy atom. The molecule has 0 aliphatic heterocycles. The van der Waals surface area contributed by atoms with Gasteiger partial charge in [-0.25, -0.2) is 0 Å². The van der Waals surface area contributed by atoms with E-state index in [1.165, 1.54) is 12.1 Å². The lowest BCUT2D eigenvalue weighted by Crippen LogP contribution is -2.29. The van der Waals surface area contributed by atoms with Crippen molar-refractivity contribution in [1.82, 2.24) is 0 Å². The fourth-order valence-corrected chi connectivity index (χ4v) is 2.73. The summed E-state index contributed by atoms with van der Waals surface area (Å²) in [6.45, 7) is 1.58. The molecule has 0 aromatic heterocycles. The predicted molar refractivity (Wildman–Crippen MR) is 109 cm³/mol. The molecule has 10 heteroatoms. The van der Waals surface area contributed by atoms with Crippen molar-refractivity contribution in [1.29, 1.82) is 0 Å². The van der Waals surface area contributed by atoms with Crippen LogP contribution in [0.2, 0.25) is 5.02 Å². The fraction of sp³-hybridized carbons (Fsp3) is 0.190. The lowest BCUT2D eigenvalue weighted by molar-refractivity contribution is -0.138. The van der Waals surface area contributed by atoms with E-state index in [1.807, 2.05) is 5.32 Å². The normalized spacial score (nSPS) is 11.6. The molecule has 31 heavy (non-hydrogen) atoms. The van der Waals surface area contributed by atoms with Crippen LogP contribution in [0, 0.1) is 11.8 Å². The summed E-state index contributed by atoms with van der Waals surface area (Å²) in [6.07, 6.45) is -4.85. The second-order valence-corrected chi connectivity index (χ2v) is 6.67. The number of carboxylic acids is 1. The van der Waals surface area contributed by atoms with Crippen LogP contribution in [-0.4, -0.2) is 22.9 Å². The number of hydrogen-bond acceptors (Lipinski definition) is 3. The van der Waals surface area contributed by atoms with Crippen molar-refractivity contribution in [3.05, 3.63) is 58.6 Å². The van der Waals surface area contributed by atoms with Gasteiger partial charge in [-0.15, -0.1) is 5.92 Å². The van der Waals surface area contributed by atoms with Gasteiger partial charge in [-0.3, -0.25) is 14.4 Å². The van der Waals surface area contributed by atoms with Gasteiger partial charge < -0.3 is 15.7 Å². The molecule has 0 bridgehead atoms. The number of nitrogens with one attached hydrogen (secondary N) is 2. The SMILES string of the molecule is CC#CC(CC(=O)O)c1ccc(NC(=O)C(=O)Nc2cc(C(F)(F)F)ccc2Cl)cc1. The molecule has 0 spiro atoms. The lowest BCUT2D eigenvalue weighted by atomic mass is 9.96. The molecule has 0 fully saturated rings. The third-order valence-electron chi connectivity index (χ3n) is 4.02. The van der Waals surface area contributed by atoms with E-state index in [9.17, 15) is 27.6 Å². The topological polar surface area (TPSA) is 95.5 Å². The smallest absolute Gasteiger partial charge is 0.416 e. The average Bonchev–Trinajstić information content (AvgIpc) is 2.68. The van der Waals surface area contributed by atoms with Gasteiger partial charge in [0, 0.05) is 5.69 Å². The standard InChI is InChI=1S/C21H16ClF3N2O4/c1-2-3-13(10-18(28)29)12-4-7-15(8-5-12)26-19(30)20(31)27-17-11-14(21(23,24)25)6-9-16(17)22/h4-9,11,13H,10H2,1H3,(H,26,30)(H,27,31)(H,28,29). The highest BCUT2D eigenvalue weighted by Crippen LogP contribution is 2.33. The maximum atomic E-state index is 12.8. The zero-order valence-electron chi connectivity index (χ0n) is 16.0. The molecule has 2 aromatic rings. The van der Waals surface area contributed by atoms with Gasteiger partial charge >= 0.3 is 24.0 Å². The summed E-state index contributed by atoms with van der Waals surface area (Å²) in [5.41, 5.74) is -0.566. The first-order valence-corrected chi connectivity index (χ1v) is 9.12. The number of carboxylic acid groups (broad SMARTS) is 1. The monoisotopic (exact) mass is 452 g/mol. The molecule has 6 nitrogen and oxygen atoms in total. The van der Waals surface area contributed by atoms with E-state index < -0.39 is 35.4 Å². The molecule has 2 aromatic carbocycles. The molecular weight excluding hydrogens is 437 g/mol. The molecule has 3 N–H and O–H groups in total. The highest BCUT2D eigenvalue weighted by atomic mass is 35.5. The first-order valence-electron chi connectivity index (χ1n) is 8.74. The van der Waals surface area contributed by atoms with Crippen molar-refractivity contribution >= 4 is 40.8 Å². The minimum absolute atomic E-state index is 0.167. The molecular formula is C21H16ClF3N2O4. The first-order chi connectivity index (χ1) is 14.5. The minimum Gasteiger partial charge on any atom is -0.481 e.